The summed E-state index contributed by atoms with van der Waals surface area (Å²) in [4.78, 5) is 48.3. The zero-order valence-corrected chi connectivity index (χ0v) is 38.1. The van der Waals surface area contributed by atoms with E-state index in [4.69, 9.17) is 23.7 Å². The molecule has 16 unspecified atom stereocenters. The van der Waals surface area contributed by atoms with Crippen molar-refractivity contribution in [1.82, 2.24) is 0 Å². The number of halogens is 5. The van der Waals surface area contributed by atoms with Crippen molar-refractivity contribution in [2.24, 2.45) is 69.5 Å². The maximum Gasteiger partial charge on any atom is 0.423 e. The molecule has 0 radical (unpaired) electrons. The van der Waals surface area contributed by atoms with Gasteiger partial charge in [-0.05, 0) is 148 Å². The van der Waals surface area contributed by atoms with Gasteiger partial charge in [-0.3, -0.25) is 19.2 Å². The number of hydrogen-bond acceptors (Lipinski definition) is 10. The molecule has 10 nitrogen and oxygen atoms in total. The molecule has 6 aliphatic carbocycles. The van der Waals surface area contributed by atoms with Gasteiger partial charge in [0.05, 0.1) is 34.2 Å². The first-order valence-electron chi connectivity index (χ1n) is 23.3. The molecule has 9 rings (SSSR count). The summed E-state index contributed by atoms with van der Waals surface area (Å²) in [6.07, 6.45) is 1.71. The van der Waals surface area contributed by atoms with E-state index >= 15 is 0 Å². The minimum atomic E-state index is -5.42. The highest BCUT2D eigenvalue weighted by Gasteiger charge is 2.83. The maximum absolute atomic E-state index is 14.1. The third-order valence-electron chi connectivity index (χ3n) is 17.9. The number of esters is 4. The van der Waals surface area contributed by atoms with E-state index in [2.05, 4.69) is 13.8 Å². The molecule has 0 aromatic rings. The number of alkyl halides is 5. The number of hydrogen-bond donors (Lipinski definition) is 1. The molecule has 8 bridgehead atoms. The molecule has 9 fully saturated rings. The summed E-state index contributed by atoms with van der Waals surface area (Å²) in [5, 5.41) is 9.59. The van der Waals surface area contributed by atoms with E-state index in [1.54, 1.807) is 20.8 Å². The maximum atomic E-state index is 14.1. The van der Waals surface area contributed by atoms with Crippen LogP contribution in [0.3, 0.4) is 0 Å². The van der Waals surface area contributed by atoms with Crippen molar-refractivity contribution < 1.29 is 69.9 Å². The highest BCUT2D eigenvalue weighted by Crippen LogP contribution is 2.71. The SMILES string of the molecule is CCC(C)(C)C(=O)OC1(CC)CC2CC1C1C3CCC(C3)C21.CCC(C)(C)C(=O)OC1C2CC3C(=O)OC1C3O2.CCC(C)(C)C(=O)OC1CC2CC1C(F)(F)C2(O)C(F)(F)F. The van der Waals surface area contributed by atoms with Crippen LogP contribution >= 0.6 is 0 Å². The highest BCUT2D eigenvalue weighted by atomic mass is 19.4. The number of rotatable bonds is 10. The standard InChI is InChI=1S/C20H32O2.C14H19F5O3.C13H18O5/c1-5-19(3,4)18(21)22-20(6-2)11-14-10-15(20)17-13-8-7-12(9-13)16(14)17;1-4-11(2,3)10(20)22-9-6-7-5-8(9)13(15,16)12(7,21)14(17,18)19;1-4-13(2,3)12(15)18-9-7-5-6-8(16-7)10(9)17-11(6)14/h12-17H,5-11H2,1-4H3;7-9,21H,4-6H2,1-3H3;6-10H,4-5H2,1-3H3. The fraction of sp³-hybridized carbons (Fsp3) is 0.915. The number of carbonyl (C=O) groups is 4. The fourth-order valence-corrected chi connectivity index (χ4v) is 12.8. The topological polar surface area (TPSA) is 135 Å². The van der Waals surface area contributed by atoms with Gasteiger partial charge in [-0.25, -0.2) is 8.78 Å². The predicted octanol–water partition coefficient (Wildman–Crippen LogP) is 9.17. The first-order valence-corrected chi connectivity index (χ1v) is 23.3. The largest absolute Gasteiger partial charge is 0.461 e. The number of aliphatic hydroxyl groups is 1. The minimum absolute atomic E-state index is 0.0455. The molecule has 3 saturated heterocycles. The summed E-state index contributed by atoms with van der Waals surface area (Å²) in [6.45, 7) is 18.9. The predicted molar refractivity (Wildman–Crippen MR) is 214 cm³/mol. The third kappa shape index (κ3) is 7.29. The molecule has 62 heavy (non-hydrogen) atoms. The molecule has 0 aromatic carbocycles. The lowest BCUT2D eigenvalue weighted by Crippen LogP contribution is -2.64. The van der Waals surface area contributed by atoms with Crippen molar-refractivity contribution in [3.8, 4) is 0 Å². The summed E-state index contributed by atoms with van der Waals surface area (Å²) in [5.41, 5.74) is -5.90. The van der Waals surface area contributed by atoms with Crippen LogP contribution in [0.15, 0.2) is 0 Å². The molecule has 6 saturated carbocycles. The Hall–Kier alpha value is -2.55. The van der Waals surface area contributed by atoms with Crippen molar-refractivity contribution in [1.29, 1.82) is 0 Å². The molecule has 15 heteroatoms. The van der Waals surface area contributed by atoms with Crippen LogP contribution in [0, 0.1) is 69.5 Å². The fourth-order valence-electron chi connectivity index (χ4n) is 12.8. The Labute approximate surface area is 362 Å². The monoisotopic (exact) mass is 888 g/mol. The van der Waals surface area contributed by atoms with Crippen LogP contribution in [-0.2, 0) is 42.9 Å². The van der Waals surface area contributed by atoms with Gasteiger partial charge in [0, 0.05) is 11.8 Å². The van der Waals surface area contributed by atoms with E-state index in [1.165, 1.54) is 25.7 Å². The van der Waals surface area contributed by atoms with Crippen molar-refractivity contribution in [3.05, 3.63) is 0 Å². The van der Waals surface area contributed by atoms with E-state index < -0.39 is 77.5 Å². The molecule has 0 amide bonds. The summed E-state index contributed by atoms with van der Waals surface area (Å²) in [6, 6.07) is 0. The molecule has 3 heterocycles. The highest BCUT2D eigenvalue weighted by molar-refractivity contribution is 5.79. The van der Waals surface area contributed by atoms with E-state index in [9.17, 15) is 46.2 Å². The zero-order chi connectivity index (χ0) is 45.9. The first-order chi connectivity index (χ1) is 28.6. The average molecular weight is 889 g/mol. The van der Waals surface area contributed by atoms with E-state index in [0.29, 0.717) is 25.2 Å². The van der Waals surface area contributed by atoms with Crippen molar-refractivity contribution >= 4 is 23.9 Å². The summed E-state index contributed by atoms with van der Waals surface area (Å²) in [7, 11) is 0. The first kappa shape index (κ1) is 47.4. The number of ether oxygens (including phenoxy) is 5. The molecular weight excluding hydrogens is 819 g/mol. The lowest BCUT2D eigenvalue weighted by molar-refractivity contribution is -0.353. The van der Waals surface area contributed by atoms with Crippen LogP contribution in [-0.4, -0.2) is 82.8 Å². The third-order valence-corrected chi connectivity index (χ3v) is 17.9. The van der Waals surface area contributed by atoms with Crippen molar-refractivity contribution in [2.45, 2.75) is 200 Å². The number of carbonyl (C=O) groups excluding carboxylic acids is 4. The van der Waals surface area contributed by atoms with Crippen LogP contribution < -0.4 is 0 Å². The molecule has 9 aliphatic rings. The van der Waals surface area contributed by atoms with Gasteiger partial charge in [0.1, 0.15) is 17.8 Å². The summed E-state index contributed by atoms with van der Waals surface area (Å²) < 4.78 is 94.7. The summed E-state index contributed by atoms with van der Waals surface area (Å²) in [5.74, 6) is -3.73. The van der Waals surface area contributed by atoms with Crippen LogP contribution in [0.25, 0.3) is 0 Å². The Kier molecular flexibility index (Phi) is 12.1. The average Bonchev–Trinajstić information content (AvgIpc) is 4.08. The van der Waals surface area contributed by atoms with Gasteiger partial charge in [0.2, 0.25) is 5.60 Å². The van der Waals surface area contributed by atoms with E-state index in [0.717, 1.165) is 48.9 Å². The van der Waals surface area contributed by atoms with Crippen LogP contribution in [0.4, 0.5) is 22.0 Å². The van der Waals surface area contributed by atoms with Gasteiger partial charge in [-0.1, -0.05) is 27.7 Å². The Morgan fingerprint density at radius 3 is 1.84 bits per heavy atom. The van der Waals surface area contributed by atoms with Crippen LogP contribution in [0.1, 0.15) is 146 Å². The molecule has 16 atom stereocenters. The second-order valence-corrected chi connectivity index (χ2v) is 22.2. The van der Waals surface area contributed by atoms with Crippen LogP contribution in [0.5, 0.6) is 0 Å². The zero-order valence-electron chi connectivity index (χ0n) is 38.1. The quantitative estimate of drug-likeness (QED) is 0.0980. The molecule has 0 spiro atoms. The Morgan fingerprint density at radius 1 is 0.726 bits per heavy atom. The lowest BCUT2D eigenvalue weighted by atomic mass is 9.65. The Balaban J connectivity index is 0.000000141. The lowest BCUT2D eigenvalue weighted by Gasteiger charge is -2.46. The Bertz CT molecular complexity index is 1760. The molecule has 352 valence electrons. The second-order valence-electron chi connectivity index (χ2n) is 22.2. The van der Waals surface area contributed by atoms with E-state index in [1.807, 2.05) is 34.6 Å². The molecule has 3 aliphatic heterocycles. The van der Waals surface area contributed by atoms with Crippen molar-refractivity contribution in [3.63, 3.8) is 0 Å². The van der Waals surface area contributed by atoms with Gasteiger partial charge in [0.25, 0.3) is 5.92 Å². The normalized spacial score (nSPS) is 42.5. The molecule has 1 N–H and O–H groups in total. The van der Waals surface area contributed by atoms with Crippen molar-refractivity contribution in [2.75, 3.05) is 0 Å². The van der Waals surface area contributed by atoms with Gasteiger partial charge < -0.3 is 28.8 Å². The Morgan fingerprint density at radius 2 is 1.29 bits per heavy atom. The molecular formula is C47H69F5O10. The number of fused-ring (bicyclic) bond motifs is 12. The van der Waals surface area contributed by atoms with Gasteiger partial charge >= 0.3 is 30.1 Å². The molecule has 0 aromatic heterocycles. The smallest absolute Gasteiger partial charge is 0.423 e. The van der Waals surface area contributed by atoms with E-state index in [-0.39, 0.29) is 47.0 Å². The summed E-state index contributed by atoms with van der Waals surface area (Å²) >= 11 is 0. The second kappa shape index (κ2) is 15.8. The van der Waals surface area contributed by atoms with Gasteiger partial charge in [-0.2, -0.15) is 13.2 Å². The minimum Gasteiger partial charge on any atom is -0.461 e. The van der Waals surface area contributed by atoms with Gasteiger partial charge in [-0.15, -0.1) is 0 Å². The van der Waals surface area contributed by atoms with Crippen LogP contribution in [0.2, 0.25) is 0 Å². The van der Waals surface area contributed by atoms with Gasteiger partial charge in [0.15, 0.2) is 12.2 Å².